The zero-order chi connectivity index (χ0) is 18.4. The van der Waals surface area contributed by atoms with Gasteiger partial charge in [-0.1, -0.05) is 28.7 Å². The van der Waals surface area contributed by atoms with Gasteiger partial charge in [0.05, 0.1) is 18.4 Å². The average Bonchev–Trinajstić information content (AvgIpc) is 3.18. The Kier molecular flexibility index (Phi) is 4.32. The number of benzene rings is 1. The second kappa shape index (κ2) is 6.51. The summed E-state index contributed by atoms with van der Waals surface area (Å²) in [6.07, 6.45) is 0.733. The van der Waals surface area contributed by atoms with Crippen molar-refractivity contribution in [3.8, 4) is 0 Å². The van der Waals surface area contributed by atoms with Crippen molar-refractivity contribution in [3.05, 3.63) is 53.4 Å². The number of hydrogen-bond acceptors (Lipinski definition) is 5. The summed E-state index contributed by atoms with van der Waals surface area (Å²) in [5.74, 6) is -0.115. The highest BCUT2D eigenvalue weighted by atomic mass is 35.5. The number of nitrogens with one attached hydrogen (secondary N) is 1. The van der Waals surface area contributed by atoms with Crippen LogP contribution in [0, 0.1) is 5.92 Å². The Hall–Kier alpha value is -2.19. The first-order valence-corrected chi connectivity index (χ1v) is 8.77. The third-order valence-corrected chi connectivity index (χ3v) is 5.52. The second-order valence-electron chi connectivity index (χ2n) is 6.72. The van der Waals surface area contributed by atoms with Crippen molar-refractivity contribution in [2.45, 2.75) is 30.8 Å². The van der Waals surface area contributed by atoms with E-state index < -0.39 is 30.3 Å². The minimum atomic E-state index is -1.05. The van der Waals surface area contributed by atoms with Crippen LogP contribution in [-0.2, 0) is 0 Å². The molecule has 1 aliphatic rings. The minimum absolute atomic E-state index is 0.392. The van der Waals surface area contributed by atoms with Gasteiger partial charge in [0.1, 0.15) is 17.5 Å². The fourth-order valence-corrected chi connectivity index (χ4v) is 3.98. The van der Waals surface area contributed by atoms with E-state index in [9.17, 15) is 15.3 Å². The molecule has 26 heavy (non-hydrogen) atoms. The third kappa shape index (κ3) is 2.73. The van der Waals surface area contributed by atoms with Crippen molar-refractivity contribution in [1.82, 2.24) is 9.55 Å². The van der Waals surface area contributed by atoms with Crippen molar-refractivity contribution in [1.29, 1.82) is 0 Å². The summed E-state index contributed by atoms with van der Waals surface area (Å²) >= 11 is 5.89. The first kappa shape index (κ1) is 17.2. The number of fused-ring (bicyclic) bond motifs is 1. The molecule has 5 atom stereocenters. The Balaban J connectivity index is 1.65. The van der Waals surface area contributed by atoms with Crippen LogP contribution >= 0.6 is 11.6 Å². The van der Waals surface area contributed by atoms with Crippen LogP contribution in [0.2, 0.25) is 5.02 Å². The second-order valence-corrected chi connectivity index (χ2v) is 7.15. The van der Waals surface area contributed by atoms with Gasteiger partial charge in [-0.05, 0) is 30.2 Å². The Morgan fingerprint density at radius 2 is 1.92 bits per heavy atom. The van der Waals surface area contributed by atoms with Crippen molar-refractivity contribution in [3.63, 3.8) is 0 Å². The zero-order valence-corrected chi connectivity index (χ0v) is 14.6. The van der Waals surface area contributed by atoms with Crippen molar-refractivity contribution >= 4 is 28.5 Å². The highest BCUT2D eigenvalue weighted by Gasteiger charge is 2.47. The van der Waals surface area contributed by atoms with Gasteiger partial charge in [0.15, 0.2) is 0 Å². The van der Waals surface area contributed by atoms with Gasteiger partial charge in [-0.3, -0.25) is 4.57 Å². The largest absolute Gasteiger partial charge is 0.390 e. The molecule has 0 bridgehead atoms. The molecule has 1 fully saturated rings. The number of halogens is 1. The molecule has 0 unspecified atom stereocenters. The number of aromatic amines is 1. The maximum atomic E-state index is 10.7. The normalized spacial score (nSPS) is 27.1. The van der Waals surface area contributed by atoms with Crippen LogP contribution in [0.4, 0.5) is 5.82 Å². The average molecular weight is 376 g/mol. The lowest BCUT2D eigenvalue weighted by molar-refractivity contribution is -0.354. The van der Waals surface area contributed by atoms with Crippen molar-refractivity contribution in [2.24, 2.45) is 5.92 Å². The SMILES string of the molecule is Nc1nc[nH+]c2c1ccn2[C@@H]1C[C@H]([C@H](O)c2ccc(Cl)cc2)[C@@H](O)[C@H]1O. The zero-order valence-electron chi connectivity index (χ0n) is 13.8. The van der Waals surface area contributed by atoms with Crippen molar-refractivity contribution < 1.29 is 20.3 Å². The van der Waals surface area contributed by atoms with E-state index >= 15 is 0 Å². The molecule has 3 aromatic rings. The van der Waals surface area contributed by atoms with E-state index in [1.807, 2.05) is 10.6 Å². The van der Waals surface area contributed by atoms with E-state index in [4.69, 9.17) is 17.3 Å². The lowest BCUT2D eigenvalue weighted by Gasteiger charge is -2.22. The van der Waals surface area contributed by atoms with Crippen LogP contribution in [0.3, 0.4) is 0 Å². The fraction of sp³-hybridized carbons (Fsp3) is 0.333. The highest BCUT2D eigenvalue weighted by molar-refractivity contribution is 6.30. The number of aliphatic hydroxyl groups excluding tert-OH is 3. The van der Waals surface area contributed by atoms with Crippen molar-refractivity contribution in [2.75, 3.05) is 5.73 Å². The molecule has 0 saturated heterocycles. The van der Waals surface area contributed by atoms with Gasteiger partial charge in [-0.2, -0.15) is 0 Å². The van der Waals surface area contributed by atoms with Gasteiger partial charge in [0.25, 0.3) is 0 Å². The van der Waals surface area contributed by atoms with E-state index in [-0.39, 0.29) is 0 Å². The summed E-state index contributed by atoms with van der Waals surface area (Å²) in [7, 11) is 0. The van der Waals surface area contributed by atoms with Gasteiger partial charge in [0.2, 0.25) is 17.8 Å². The van der Waals surface area contributed by atoms with Gasteiger partial charge in [0, 0.05) is 10.9 Å². The monoisotopic (exact) mass is 375 g/mol. The number of nitrogens with two attached hydrogens (primary N) is 1. The Morgan fingerprint density at radius 1 is 1.19 bits per heavy atom. The third-order valence-electron chi connectivity index (χ3n) is 5.27. The molecule has 4 rings (SSSR count). The fourth-order valence-electron chi connectivity index (χ4n) is 3.85. The standard InChI is InChI=1S/C18H19ClN4O3/c19-10-3-1-9(2-4-10)14(24)12-7-13(16(26)15(12)25)23-6-5-11-17(20)21-8-22-18(11)23/h1-6,8,12-16,24-26H,7H2,(H2,20,21,22)/p+1/t12-,13-,14-,15-,16+/m1/s1. The van der Waals surface area contributed by atoms with Gasteiger partial charge < -0.3 is 21.1 Å². The van der Waals surface area contributed by atoms with Crippen LogP contribution < -0.4 is 10.7 Å². The highest BCUT2D eigenvalue weighted by Crippen LogP contribution is 2.43. The Labute approximate surface area is 154 Å². The van der Waals surface area contributed by atoms with Crippen LogP contribution in [0.5, 0.6) is 0 Å². The van der Waals surface area contributed by atoms with Gasteiger partial charge >= 0.3 is 0 Å². The predicted octanol–water partition coefficient (Wildman–Crippen LogP) is 1.10. The lowest BCUT2D eigenvalue weighted by atomic mass is 9.92. The van der Waals surface area contributed by atoms with Crippen LogP contribution in [0.1, 0.15) is 24.1 Å². The first-order valence-electron chi connectivity index (χ1n) is 8.39. The molecule has 0 aliphatic heterocycles. The van der Waals surface area contributed by atoms with Crippen LogP contribution in [0.25, 0.3) is 11.0 Å². The maximum Gasteiger partial charge on any atom is 0.238 e. The summed E-state index contributed by atoms with van der Waals surface area (Å²) in [4.78, 5) is 7.05. The van der Waals surface area contributed by atoms with E-state index in [1.54, 1.807) is 30.5 Å². The summed E-state index contributed by atoms with van der Waals surface area (Å²) in [5.41, 5.74) is 7.26. The number of rotatable bonds is 3. The van der Waals surface area contributed by atoms with Gasteiger partial charge in [-0.15, -0.1) is 0 Å². The molecule has 0 radical (unpaired) electrons. The van der Waals surface area contributed by atoms with Crippen LogP contribution in [-0.4, -0.2) is 37.1 Å². The topological polar surface area (TPSA) is 119 Å². The molecule has 1 aromatic carbocycles. The molecule has 1 saturated carbocycles. The van der Waals surface area contributed by atoms with E-state index in [1.165, 1.54) is 6.33 Å². The molecule has 136 valence electrons. The quantitative estimate of drug-likeness (QED) is 0.546. The Morgan fingerprint density at radius 3 is 2.65 bits per heavy atom. The minimum Gasteiger partial charge on any atom is -0.390 e. The molecule has 8 heteroatoms. The summed E-state index contributed by atoms with van der Waals surface area (Å²) < 4.78 is 1.84. The number of hydrogen-bond donors (Lipinski definition) is 4. The first-order chi connectivity index (χ1) is 12.5. The molecule has 6 N–H and O–H groups in total. The summed E-state index contributed by atoms with van der Waals surface area (Å²) in [6.45, 7) is 0. The predicted molar refractivity (Wildman–Crippen MR) is 96.3 cm³/mol. The molecule has 2 heterocycles. The molecular weight excluding hydrogens is 356 g/mol. The van der Waals surface area contributed by atoms with E-state index in [2.05, 4.69) is 9.97 Å². The number of nitrogens with zero attached hydrogens (tertiary/aromatic N) is 2. The molecule has 0 spiro atoms. The smallest absolute Gasteiger partial charge is 0.238 e. The van der Waals surface area contributed by atoms with E-state index in [0.29, 0.717) is 22.8 Å². The van der Waals surface area contributed by atoms with E-state index in [0.717, 1.165) is 11.0 Å². The number of H-pyrrole nitrogens is 1. The Bertz CT molecular complexity index is 930. The molecular formula is C18H20ClN4O3+. The molecule has 2 aromatic heterocycles. The number of nitrogen functional groups attached to an aromatic ring is 1. The molecule has 7 nitrogen and oxygen atoms in total. The summed E-state index contributed by atoms with van der Waals surface area (Å²) in [6, 6.07) is 8.26. The molecule has 1 aliphatic carbocycles. The molecule has 0 amide bonds. The number of aromatic nitrogens is 3. The number of anilines is 1. The van der Waals surface area contributed by atoms with Gasteiger partial charge in [-0.25, -0.2) is 4.98 Å². The lowest BCUT2D eigenvalue weighted by Crippen LogP contribution is -2.31. The maximum absolute atomic E-state index is 10.7. The summed E-state index contributed by atoms with van der Waals surface area (Å²) in [5, 5.41) is 33.2. The number of aliphatic hydroxyl groups is 3. The van der Waals surface area contributed by atoms with Crippen LogP contribution in [0.15, 0.2) is 42.9 Å².